The third-order valence-corrected chi connectivity index (χ3v) is 5.58. The van der Waals surface area contributed by atoms with Gasteiger partial charge in [0.25, 0.3) is 11.8 Å². The smallest absolute Gasteiger partial charge is 0.270 e. The number of carbonyl (C=O) groups is 2. The summed E-state index contributed by atoms with van der Waals surface area (Å²) in [6, 6.07) is 13.0. The van der Waals surface area contributed by atoms with E-state index in [0.29, 0.717) is 37.4 Å². The van der Waals surface area contributed by atoms with Gasteiger partial charge in [-0.25, -0.2) is 4.98 Å². The fraction of sp³-hybridized carbons (Fsp3) is 0.227. The molecule has 1 aliphatic rings. The van der Waals surface area contributed by atoms with E-state index in [1.165, 1.54) is 0 Å². The highest BCUT2D eigenvalue weighted by molar-refractivity contribution is 5.99. The van der Waals surface area contributed by atoms with Gasteiger partial charge in [-0.1, -0.05) is 0 Å². The molecule has 5 rings (SSSR count). The van der Waals surface area contributed by atoms with Crippen LogP contribution in [0, 0.1) is 0 Å². The van der Waals surface area contributed by atoms with Gasteiger partial charge in [0.2, 0.25) is 0 Å². The fourth-order valence-corrected chi connectivity index (χ4v) is 3.88. The third kappa shape index (κ3) is 3.16. The number of carbonyl (C=O) groups excluding carboxylic acids is 2. The second-order valence-corrected chi connectivity index (χ2v) is 7.36. The molecule has 30 heavy (non-hydrogen) atoms. The lowest BCUT2D eigenvalue weighted by molar-refractivity contribution is 0.0533. The monoisotopic (exact) mass is 403 g/mol. The Balaban J connectivity index is 1.27. The maximum absolute atomic E-state index is 12.9. The molecule has 1 fully saturated rings. The lowest BCUT2D eigenvalue weighted by Gasteiger charge is -2.34. The van der Waals surface area contributed by atoms with E-state index < -0.39 is 0 Å². The predicted molar refractivity (Wildman–Crippen MR) is 113 cm³/mol. The number of nitrogens with zero attached hydrogens (tertiary/aromatic N) is 3. The Morgan fingerprint density at radius 2 is 1.70 bits per heavy atom. The lowest BCUT2D eigenvalue weighted by Crippen LogP contribution is -2.50. The molecule has 2 N–H and O–H groups in total. The van der Waals surface area contributed by atoms with Crippen LogP contribution in [0.15, 0.2) is 48.8 Å². The highest BCUT2D eigenvalue weighted by atomic mass is 16.5. The largest absolute Gasteiger partial charge is 0.497 e. The maximum Gasteiger partial charge on any atom is 0.270 e. The van der Waals surface area contributed by atoms with Gasteiger partial charge in [-0.05, 0) is 36.4 Å². The van der Waals surface area contributed by atoms with E-state index in [9.17, 15) is 9.59 Å². The van der Waals surface area contributed by atoms with Gasteiger partial charge in [-0.15, -0.1) is 0 Å². The summed E-state index contributed by atoms with van der Waals surface area (Å²) in [5.41, 5.74) is 3.70. The number of H-pyrrole nitrogens is 2. The number of hydrogen-bond donors (Lipinski definition) is 2. The molecule has 2 amide bonds. The zero-order valence-electron chi connectivity index (χ0n) is 16.5. The van der Waals surface area contributed by atoms with Crippen LogP contribution in [-0.2, 0) is 0 Å². The number of aromatic amines is 2. The van der Waals surface area contributed by atoms with Crippen molar-refractivity contribution in [3.05, 3.63) is 60.0 Å². The van der Waals surface area contributed by atoms with Gasteiger partial charge < -0.3 is 24.5 Å². The van der Waals surface area contributed by atoms with E-state index in [1.807, 2.05) is 36.4 Å². The molecule has 4 aromatic rings. The minimum absolute atomic E-state index is 0.0312. The van der Waals surface area contributed by atoms with Crippen molar-refractivity contribution in [2.45, 2.75) is 0 Å². The first-order valence-corrected chi connectivity index (χ1v) is 9.81. The van der Waals surface area contributed by atoms with Crippen LogP contribution in [0.2, 0.25) is 0 Å². The summed E-state index contributed by atoms with van der Waals surface area (Å²) in [6.45, 7) is 1.99. The van der Waals surface area contributed by atoms with Crippen molar-refractivity contribution >= 4 is 33.8 Å². The van der Waals surface area contributed by atoms with Crippen molar-refractivity contribution in [2.24, 2.45) is 0 Å². The van der Waals surface area contributed by atoms with Crippen molar-refractivity contribution in [3.63, 3.8) is 0 Å². The van der Waals surface area contributed by atoms with Gasteiger partial charge in [0.05, 0.1) is 24.5 Å². The number of aromatic nitrogens is 3. The molecule has 2 aromatic carbocycles. The molecular formula is C22H21N5O3. The van der Waals surface area contributed by atoms with Crippen molar-refractivity contribution in [3.8, 4) is 5.75 Å². The third-order valence-electron chi connectivity index (χ3n) is 5.58. The summed E-state index contributed by atoms with van der Waals surface area (Å²) in [4.78, 5) is 39.8. The molecule has 0 radical (unpaired) electrons. The number of amides is 2. The first-order valence-electron chi connectivity index (χ1n) is 9.81. The van der Waals surface area contributed by atoms with E-state index in [0.717, 1.165) is 27.7 Å². The molecule has 1 saturated heterocycles. The van der Waals surface area contributed by atoms with Gasteiger partial charge in [-0.3, -0.25) is 9.59 Å². The summed E-state index contributed by atoms with van der Waals surface area (Å²) in [7, 11) is 1.62. The maximum atomic E-state index is 12.9. The molecular weight excluding hydrogens is 382 g/mol. The van der Waals surface area contributed by atoms with Crippen LogP contribution < -0.4 is 4.74 Å². The lowest BCUT2D eigenvalue weighted by atomic mass is 10.1. The molecule has 0 saturated carbocycles. The molecule has 0 spiro atoms. The predicted octanol–water partition coefficient (Wildman–Crippen LogP) is 2.65. The molecule has 0 atom stereocenters. The Hall–Kier alpha value is -3.81. The number of benzene rings is 2. The summed E-state index contributed by atoms with van der Waals surface area (Å²) in [6.07, 6.45) is 1.61. The van der Waals surface area contributed by atoms with Gasteiger partial charge in [0.1, 0.15) is 11.4 Å². The number of fused-ring (bicyclic) bond motifs is 2. The molecule has 0 bridgehead atoms. The fourth-order valence-electron chi connectivity index (χ4n) is 3.88. The molecule has 3 heterocycles. The van der Waals surface area contributed by atoms with Crippen LogP contribution in [0.3, 0.4) is 0 Å². The SMILES string of the molecule is COc1ccc2cc(C(=O)N3CCN(C(=O)c4ccc5nc[nH]c5c4)CC3)[nH]c2c1. The topological polar surface area (TPSA) is 94.3 Å². The molecule has 152 valence electrons. The minimum Gasteiger partial charge on any atom is -0.497 e. The number of imidazole rings is 1. The van der Waals surface area contributed by atoms with Crippen LogP contribution in [0.5, 0.6) is 5.75 Å². The second-order valence-electron chi connectivity index (χ2n) is 7.36. The Labute approximate surface area is 172 Å². The Bertz CT molecular complexity index is 1250. The summed E-state index contributed by atoms with van der Waals surface area (Å²) < 4.78 is 5.24. The van der Waals surface area contributed by atoms with Crippen molar-refractivity contribution in [1.29, 1.82) is 0 Å². The Kier molecular flexibility index (Phi) is 4.39. The quantitative estimate of drug-likeness (QED) is 0.550. The number of piperazine rings is 1. The van der Waals surface area contributed by atoms with E-state index >= 15 is 0 Å². The van der Waals surface area contributed by atoms with Gasteiger partial charge in [0.15, 0.2) is 0 Å². The molecule has 1 aliphatic heterocycles. The zero-order valence-corrected chi connectivity index (χ0v) is 16.5. The van der Waals surface area contributed by atoms with Gasteiger partial charge in [0, 0.05) is 48.7 Å². The number of rotatable bonds is 3. The molecule has 0 aliphatic carbocycles. The van der Waals surface area contributed by atoms with E-state index in [2.05, 4.69) is 15.0 Å². The number of ether oxygens (including phenoxy) is 1. The van der Waals surface area contributed by atoms with Crippen LogP contribution in [0.4, 0.5) is 0 Å². The summed E-state index contributed by atoms with van der Waals surface area (Å²) >= 11 is 0. The highest BCUT2D eigenvalue weighted by Crippen LogP contribution is 2.22. The number of methoxy groups -OCH3 is 1. The zero-order chi connectivity index (χ0) is 20.7. The Morgan fingerprint density at radius 1 is 0.933 bits per heavy atom. The molecule has 0 unspecified atom stereocenters. The van der Waals surface area contributed by atoms with Crippen molar-refractivity contribution in [1.82, 2.24) is 24.8 Å². The normalized spacial score (nSPS) is 14.4. The molecule has 8 heteroatoms. The average molecular weight is 403 g/mol. The van der Waals surface area contributed by atoms with E-state index in [4.69, 9.17) is 4.74 Å². The summed E-state index contributed by atoms with van der Waals surface area (Å²) in [5, 5.41) is 0.960. The van der Waals surface area contributed by atoms with Crippen LogP contribution >= 0.6 is 0 Å². The standard InChI is InChI=1S/C22H21N5O3/c1-30-16-4-2-14-10-20(25-18(14)12-16)22(29)27-8-6-26(7-9-27)21(28)15-3-5-17-19(11-15)24-13-23-17/h2-5,10-13,25H,6-9H2,1H3,(H,23,24). The van der Waals surface area contributed by atoms with Crippen molar-refractivity contribution < 1.29 is 14.3 Å². The van der Waals surface area contributed by atoms with E-state index in [-0.39, 0.29) is 11.8 Å². The van der Waals surface area contributed by atoms with Crippen molar-refractivity contribution in [2.75, 3.05) is 33.3 Å². The summed E-state index contributed by atoms with van der Waals surface area (Å²) in [5.74, 6) is 0.649. The number of hydrogen-bond acceptors (Lipinski definition) is 4. The minimum atomic E-state index is -0.0591. The average Bonchev–Trinajstić information content (AvgIpc) is 3.43. The Morgan fingerprint density at radius 3 is 2.47 bits per heavy atom. The molecule has 2 aromatic heterocycles. The first-order chi connectivity index (χ1) is 14.6. The van der Waals surface area contributed by atoms with Gasteiger partial charge in [-0.2, -0.15) is 0 Å². The first kappa shape index (κ1) is 18.2. The van der Waals surface area contributed by atoms with Gasteiger partial charge >= 0.3 is 0 Å². The number of nitrogens with one attached hydrogen (secondary N) is 2. The molecule has 8 nitrogen and oxygen atoms in total. The van der Waals surface area contributed by atoms with E-state index in [1.54, 1.807) is 29.3 Å². The highest BCUT2D eigenvalue weighted by Gasteiger charge is 2.26. The second kappa shape index (κ2) is 7.22. The van der Waals surface area contributed by atoms with Crippen LogP contribution in [0.25, 0.3) is 21.9 Å². The van der Waals surface area contributed by atoms with Crippen LogP contribution in [-0.4, -0.2) is 69.9 Å². The van der Waals surface area contributed by atoms with Crippen LogP contribution in [0.1, 0.15) is 20.8 Å².